The second-order valence-electron chi connectivity index (χ2n) is 5.90. The van der Waals surface area contributed by atoms with E-state index in [1.807, 2.05) is 12.1 Å². The summed E-state index contributed by atoms with van der Waals surface area (Å²) in [5, 5.41) is 11.2. The van der Waals surface area contributed by atoms with Crippen molar-refractivity contribution in [2.45, 2.75) is 37.2 Å². The fourth-order valence-electron chi connectivity index (χ4n) is 3.26. The smallest absolute Gasteiger partial charge is 0.0595 e. The molecular formula is C15H21Cl2NO. The van der Waals surface area contributed by atoms with E-state index in [-0.39, 0.29) is 11.5 Å². The predicted molar refractivity (Wildman–Crippen MR) is 81.2 cm³/mol. The highest BCUT2D eigenvalue weighted by molar-refractivity contribution is 6.42. The average molecular weight is 302 g/mol. The maximum absolute atomic E-state index is 10.1. The van der Waals surface area contributed by atoms with E-state index in [0.717, 1.165) is 32.2 Å². The van der Waals surface area contributed by atoms with Crippen molar-refractivity contribution in [2.75, 3.05) is 20.6 Å². The minimum Gasteiger partial charge on any atom is -0.393 e. The van der Waals surface area contributed by atoms with Gasteiger partial charge in [-0.3, -0.25) is 0 Å². The van der Waals surface area contributed by atoms with Gasteiger partial charge in [-0.25, -0.2) is 0 Å². The molecule has 1 N–H and O–H groups in total. The van der Waals surface area contributed by atoms with Crippen LogP contribution in [0, 0.1) is 0 Å². The first-order chi connectivity index (χ1) is 8.93. The molecule has 2 rings (SSSR count). The van der Waals surface area contributed by atoms with E-state index in [4.69, 9.17) is 23.2 Å². The van der Waals surface area contributed by atoms with Gasteiger partial charge in [0.1, 0.15) is 0 Å². The van der Waals surface area contributed by atoms with Gasteiger partial charge in [0.05, 0.1) is 16.1 Å². The Kier molecular flexibility index (Phi) is 4.78. The number of hydrogen-bond donors (Lipinski definition) is 1. The molecule has 2 nitrogen and oxygen atoms in total. The first-order valence-corrected chi connectivity index (χ1v) is 7.47. The Balaban J connectivity index is 2.38. The van der Waals surface area contributed by atoms with Crippen LogP contribution >= 0.6 is 23.2 Å². The van der Waals surface area contributed by atoms with E-state index in [1.165, 1.54) is 5.56 Å². The molecule has 1 aromatic carbocycles. The second kappa shape index (κ2) is 6.01. The summed E-state index contributed by atoms with van der Waals surface area (Å²) in [6.07, 6.45) is 3.61. The van der Waals surface area contributed by atoms with Gasteiger partial charge >= 0.3 is 0 Å². The van der Waals surface area contributed by atoms with E-state index in [0.29, 0.717) is 10.0 Å². The van der Waals surface area contributed by atoms with Crippen molar-refractivity contribution in [3.8, 4) is 0 Å². The van der Waals surface area contributed by atoms with E-state index in [1.54, 1.807) is 0 Å². The first kappa shape index (κ1) is 15.1. The van der Waals surface area contributed by atoms with E-state index in [9.17, 15) is 5.11 Å². The molecular weight excluding hydrogens is 281 g/mol. The summed E-state index contributed by atoms with van der Waals surface area (Å²) in [5.74, 6) is 0. The molecule has 4 heteroatoms. The largest absolute Gasteiger partial charge is 0.393 e. The van der Waals surface area contributed by atoms with Gasteiger partial charge < -0.3 is 10.0 Å². The van der Waals surface area contributed by atoms with Crippen LogP contribution < -0.4 is 0 Å². The predicted octanol–water partition coefficient (Wildman–Crippen LogP) is 3.73. The van der Waals surface area contributed by atoms with Gasteiger partial charge in [-0.05, 0) is 57.5 Å². The molecule has 1 saturated carbocycles. The standard InChI is InChI=1S/C15H21Cl2NO/c1-18(2)10-15(7-3-4-12(19)9-15)11-5-6-13(16)14(17)8-11/h5-6,8,12,19H,3-4,7,9-10H2,1-2H3/t12-,15+/m1/s1. The molecule has 1 aliphatic rings. The minimum atomic E-state index is -0.219. The SMILES string of the molecule is CN(C)C[C@]1(c2ccc(Cl)c(Cl)c2)CCC[C@@H](O)C1. The number of benzene rings is 1. The number of likely N-dealkylation sites (N-methyl/N-ethyl adjacent to an activating group) is 1. The Morgan fingerprint density at radius 3 is 2.63 bits per heavy atom. The number of halogens is 2. The molecule has 0 bridgehead atoms. The van der Waals surface area contributed by atoms with Crippen LogP contribution in [0.25, 0.3) is 0 Å². The van der Waals surface area contributed by atoms with Crippen LogP contribution in [0.4, 0.5) is 0 Å². The lowest BCUT2D eigenvalue weighted by molar-refractivity contribution is 0.0721. The third kappa shape index (κ3) is 3.43. The number of rotatable bonds is 3. The summed E-state index contributed by atoms with van der Waals surface area (Å²) in [4.78, 5) is 2.18. The molecule has 2 atom stereocenters. The highest BCUT2D eigenvalue weighted by atomic mass is 35.5. The molecule has 19 heavy (non-hydrogen) atoms. The van der Waals surface area contributed by atoms with Crippen molar-refractivity contribution in [3.63, 3.8) is 0 Å². The molecule has 0 spiro atoms. The van der Waals surface area contributed by atoms with Crippen LogP contribution in [0.3, 0.4) is 0 Å². The third-order valence-electron chi connectivity index (χ3n) is 3.97. The molecule has 0 heterocycles. The van der Waals surface area contributed by atoms with Crippen LogP contribution in [0.2, 0.25) is 10.0 Å². The lowest BCUT2D eigenvalue weighted by Crippen LogP contribution is -2.43. The topological polar surface area (TPSA) is 23.5 Å². The third-order valence-corrected chi connectivity index (χ3v) is 4.71. The summed E-state index contributed by atoms with van der Waals surface area (Å²) in [6, 6.07) is 5.87. The van der Waals surface area contributed by atoms with Gasteiger partial charge in [0, 0.05) is 12.0 Å². The highest BCUT2D eigenvalue weighted by Crippen LogP contribution is 2.41. The average Bonchev–Trinajstić information content (AvgIpc) is 2.31. The summed E-state index contributed by atoms with van der Waals surface area (Å²) < 4.78 is 0. The van der Waals surface area contributed by atoms with Crippen LogP contribution in [-0.2, 0) is 5.41 Å². The molecule has 1 aliphatic carbocycles. The summed E-state index contributed by atoms with van der Waals surface area (Å²) in [7, 11) is 4.14. The van der Waals surface area contributed by atoms with E-state index >= 15 is 0 Å². The van der Waals surface area contributed by atoms with Crippen molar-refractivity contribution in [1.29, 1.82) is 0 Å². The summed E-state index contributed by atoms with van der Waals surface area (Å²) in [6.45, 7) is 0.919. The van der Waals surface area contributed by atoms with Crippen LogP contribution in [0.15, 0.2) is 18.2 Å². The second-order valence-corrected chi connectivity index (χ2v) is 6.71. The summed E-state index contributed by atoms with van der Waals surface area (Å²) >= 11 is 12.2. The maximum Gasteiger partial charge on any atom is 0.0595 e. The van der Waals surface area contributed by atoms with Gasteiger partial charge in [0.25, 0.3) is 0 Å². The molecule has 0 aromatic heterocycles. The lowest BCUT2D eigenvalue weighted by Gasteiger charge is -2.42. The Morgan fingerprint density at radius 2 is 2.05 bits per heavy atom. The van der Waals surface area contributed by atoms with Crippen LogP contribution in [-0.4, -0.2) is 36.8 Å². The highest BCUT2D eigenvalue weighted by Gasteiger charge is 2.38. The Hall–Kier alpha value is -0.280. The zero-order chi connectivity index (χ0) is 14.0. The fraction of sp³-hybridized carbons (Fsp3) is 0.600. The number of hydrogen-bond acceptors (Lipinski definition) is 2. The molecule has 0 saturated heterocycles. The Morgan fingerprint density at radius 1 is 1.32 bits per heavy atom. The van der Waals surface area contributed by atoms with Gasteiger partial charge in [0.2, 0.25) is 0 Å². The van der Waals surface area contributed by atoms with Crippen molar-refractivity contribution in [3.05, 3.63) is 33.8 Å². The first-order valence-electron chi connectivity index (χ1n) is 6.71. The molecule has 0 amide bonds. The maximum atomic E-state index is 10.1. The molecule has 0 unspecified atom stereocenters. The molecule has 106 valence electrons. The van der Waals surface area contributed by atoms with Crippen LogP contribution in [0.5, 0.6) is 0 Å². The molecule has 1 aromatic rings. The number of aliphatic hydroxyl groups is 1. The van der Waals surface area contributed by atoms with E-state index < -0.39 is 0 Å². The van der Waals surface area contributed by atoms with Crippen molar-refractivity contribution >= 4 is 23.2 Å². The van der Waals surface area contributed by atoms with Gasteiger partial charge in [-0.2, -0.15) is 0 Å². The number of aliphatic hydroxyl groups excluding tert-OH is 1. The molecule has 0 aliphatic heterocycles. The zero-order valence-electron chi connectivity index (χ0n) is 11.5. The van der Waals surface area contributed by atoms with Crippen LogP contribution in [0.1, 0.15) is 31.2 Å². The van der Waals surface area contributed by atoms with Crippen molar-refractivity contribution < 1.29 is 5.11 Å². The number of nitrogens with zero attached hydrogens (tertiary/aromatic N) is 1. The Bertz CT molecular complexity index is 446. The Labute approximate surface area is 125 Å². The normalized spacial score (nSPS) is 27.8. The fourth-order valence-corrected chi connectivity index (χ4v) is 3.56. The van der Waals surface area contributed by atoms with Gasteiger partial charge in [-0.1, -0.05) is 29.3 Å². The quantitative estimate of drug-likeness (QED) is 0.919. The van der Waals surface area contributed by atoms with Gasteiger partial charge in [-0.15, -0.1) is 0 Å². The summed E-state index contributed by atoms with van der Waals surface area (Å²) in [5.41, 5.74) is 1.17. The minimum absolute atomic E-state index is 0.0185. The van der Waals surface area contributed by atoms with Gasteiger partial charge in [0.15, 0.2) is 0 Å². The van der Waals surface area contributed by atoms with Crippen molar-refractivity contribution in [1.82, 2.24) is 4.90 Å². The van der Waals surface area contributed by atoms with Crippen molar-refractivity contribution in [2.24, 2.45) is 0 Å². The zero-order valence-corrected chi connectivity index (χ0v) is 13.0. The molecule has 0 radical (unpaired) electrons. The molecule has 1 fully saturated rings. The lowest BCUT2D eigenvalue weighted by atomic mass is 9.68. The van der Waals surface area contributed by atoms with E-state index in [2.05, 4.69) is 25.1 Å². The monoisotopic (exact) mass is 301 g/mol.